The molecule has 1 aliphatic rings. The van der Waals surface area contributed by atoms with Gasteiger partial charge < -0.3 is 10.5 Å². The van der Waals surface area contributed by atoms with Gasteiger partial charge in [0.25, 0.3) is 0 Å². The molecular weight excluding hydrogens is 380 g/mol. The van der Waals surface area contributed by atoms with Crippen LogP contribution < -0.4 is 10.5 Å². The maximum absolute atomic E-state index is 9.85. The Balaban J connectivity index is 1.84. The molecule has 4 aromatic rings. The molecule has 0 amide bonds. The van der Waals surface area contributed by atoms with Crippen molar-refractivity contribution < 1.29 is 4.74 Å². The van der Waals surface area contributed by atoms with Gasteiger partial charge in [0, 0.05) is 10.4 Å². The van der Waals surface area contributed by atoms with Crippen molar-refractivity contribution >= 4 is 11.3 Å². The van der Waals surface area contributed by atoms with Crippen LogP contribution in [0.5, 0.6) is 5.88 Å². The van der Waals surface area contributed by atoms with E-state index in [0.717, 1.165) is 27.4 Å². The van der Waals surface area contributed by atoms with E-state index in [2.05, 4.69) is 6.07 Å². The zero-order valence-corrected chi connectivity index (χ0v) is 16.1. The Bertz CT molecular complexity index is 1240. The maximum Gasteiger partial charge on any atom is 0.229 e. The topological polar surface area (TPSA) is 76.9 Å². The molecule has 0 unspecified atom stereocenters. The molecule has 29 heavy (non-hydrogen) atoms. The number of nitrogens with two attached hydrogens (primary N) is 1. The first-order valence-electron chi connectivity index (χ1n) is 9.12. The lowest BCUT2D eigenvalue weighted by Crippen LogP contribution is -2.21. The minimum absolute atomic E-state index is 0.120. The second kappa shape index (κ2) is 6.97. The van der Waals surface area contributed by atoms with Crippen LogP contribution in [0.2, 0.25) is 0 Å². The number of fused-ring (bicyclic) bond motifs is 1. The highest BCUT2D eigenvalue weighted by Gasteiger charge is 2.38. The number of ether oxygens (including phenoxy) is 1. The Morgan fingerprint density at radius 3 is 2.38 bits per heavy atom. The van der Waals surface area contributed by atoms with Gasteiger partial charge in [0.1, 0.15) is 17.3 Å². The number of benzene rings is 2. The third-order valence-electron chi connectivity index (χ3n) is 4.92. The smallest absolute Gasteiger partial charge is 0.229 e. The number of allylic oxidation sites excluding steroid dienone is 1. The summed E-state index contributed by atoms with van der Waals surface area (Å²) < 4.78 is 7.75. The average Bonchev–Trinajstić information content (AvgIpc) is 3.42. The molecule has 6 heteroatoms. The van der Waals surface area contributed by atoms with Gasteiger partial charge in [-0.2, -0.15) is 15.0 Å². The van der Waals surface area contributed by atoms with Gasteiger partial charge in [0.15, 0.2) is 0 Å². The number of rotatable bonds is 3. The van der Waals surface area contributed by atoms with Crippen molar-refractivity contribution in [1.82, 2.24) is 9.78 Å². The van der Waals surface area contributed by atoms with Crippen LogP contribution in [-0.2, 0) is 0 Å². The van der Waals surface area contributed by atoms with Crippen molar-refractivity contribution in [3.05, 3.63) is 100 Å². The molecular formula is C23H16N4OS. The molecule has 3 heterocycles. The summed E-state index contributed by atoms with van der Waals surface area (Å²) in [5, 5.41) is 16.8. The molecule has 0 radical (unpaired) electrons. The van der Waals surface area contributed by atoms with E-state index in [4.69, 9.17) is 15.6 Å². The van der Waals surface area contributed by atoms with Gasteiger partial charge in [-0.1, -0.05) is 54.6 Å². The van der Waals surface area contributed by atoms with E-state index in [1.165, 1.54) is 0 Å². The summed E-state index contributed by atoms with van der Waals surface area (Å²) in [6.45, 7) is 0. The first kappa shape index (κ1) is 17.3. The van der Waals surface area contributed by atoms with E-state index in [-0.39, 0.29) is 11.8 Å². The molecule has 0 spiro atoms. The van der Waals surface area contributed by atoms with Crippen LogP contribution in [-0.4, -0.2) is 9.78 Å². The Morgan fingerprint density at radius 2 is 1.72 bits per heavy atom. The lowest BCUT2D eigenvalue weighted by atomic mass is 9.87. The lowest BCUT2D eigenvalue weighted by molar-refractivity contribution is 0.367. The van der Waals surface area contributed by atoms with Gasteiger partial charge in [-0.05, 0) is 23.6 Å². The largest absolute Gasteiger partial charge is 0.422 e. The number of hydrogen-bond donors (Lipinski definition) is 1. The van der Waals surface area contributed by atoms with Gasteiger partial charge in [0.2, 0.25) is 11.8 Å². The summed E-state index contributed by atoms with van der Waals surface area (Å²) in [5.74, 6) is 0.344. The second-order valence-corrected chi connectivity index (χ2v) is 7.60. The van der Waals surface area contributed by atoms with Gasteiger partial charge in [-0.15, -0.1) is 11.3 Å². The van der Waals surface area contributed by atoms with Crippen LogP contribution >= 0.6 is 11.3 Å². The molecule has 140 valence electrons. The summed E-state index contributed by atoms with van der Waals surface area (Å²) in [4.78, 5) is 1.03. The predicted octanol–water partition coefficient (Wildman–Crippen LogP) is 4.82. The summed E-state index contributed by atoms with van der Waals surface area (Å²) in [6, 6.07) is 26.0. The number of thiophene rings is 1. The fraction of sp³-hybridized carbons (Fsp3) is 0.0435. The average molecular weight is 396 g/mol. The molecule has 0 aliphatic carbocycles. The third kappa shape index (κ3) is 2.80. The monoisotopic (exact) mass is 396 g/mol. The quantitative estimate of drug-likeness (QED) is 0.539. The molecule has 0 saturated carbocycles. The zero-order valence-electron chi connectivity index (χ0n) is 15.3. The van der Waals surface area contributed by atoms with Gasteiger partial charge >= 0.3 is 0 Å². The summed E-state index contributed by atoms with van der Waals surface area (Å²) in [6.07, 6.45) is 0. The molecule has 0 fully saturated rings. The number of hydrogen-bond acceptors (Lipinski definition) is 5. The molecule has 2 aromatic carbocycles. The summed E-state index contributed by atoms with van der Waals surface area (Å²) in [7, 11) is 0. The Hall–Kier alpha value is -3.82. The minimum atomic E-state index is -0.323. The van der Waals surface area contributed by atoms with E-state index in [1.807, 2.05) is 78.2 Å². The molecule has 1 atom stereocenters. The maximum atomic E-state index is 9.85. The van der Waals surface area contributed by atoms with Gasteiger partial charge in [0.05, 0.1) is 17.2 Å². The van der Waals surface area contributed by atoms with Crippen LogP contribution in [0.4, 0.5) is 0 Å². The summed E-state index contributed by atoms with van der Waals surface area (Å²) in [5.41, 5.74) is 10.1. The molecule has 2 aromatic heterocycles. The highest BCUT2D eigenvalue weighted by atomic mass is 32.1. The SMILES string of the molecule is N#CC1=C(N)Oc2c(c(-c3ccccc3)nn2-c2ccccc2)[C@@H]1c1cccs1. The number of aromatic nitrogens is 2. The molecule has 2 N–H and O–H groups in total. The van der Waals surface area contributed by atoms with Crippen molar-refractivity contribution in [2.75, 3.05) is 0 Å². The zero-order chi connectivity index (χ0) is 19.8. The van der Waals surface area contributed by atoms with Crippen LogP contribution in [0.15, 0.2) is 89.6 Å². The number of para-hydroxylation sites is 1. The van der Waals surface area contributed by atoms with Gasteiger partial charge in [-0.3, -0.25) is 0 Å². The lowest BCUT2D eigenvalue weighted by Gasteiger charge is -2.24. The third-order valence-corrected chi connectivity index (χ3v) is 5.86. The Kier molecular flexibility index (Phi) is 4.15. The molecule has 5 rings (SSSR count). The van der Waals surface area contributed by atoms with Crippen molar-refractivity contribution in [2.24, 2.45) is 5.73 Å². The first-order valence-corrected chi connectivity index (χ1v) is 10.0. The van der Waals surface area contributed by atoms with Crippen LogP contribution in [0.1, 0.15) is 16.4 Å². The Morgan fingerprint density at radius 1 is 1.00 bits per heavy atom. The molecule has 0 bridgehead atoms. The second-order valence-electron chi connectivity index (χ2n) is 6.62. The van der Waals surface area contributed by atoms with E-state index < -0.39 is 0 Å². The van der Waals surface area contributed by atoms with Crippen molar-refractivity contribution in [3.8, 4) is 28.9 Å². The van der Waals surface area contributed by atoms with E-state index in [0.29, 0.717) is 11.5 Å². The molecule has 1 aliphatic heterocycles. The van der Waals surface area contributed by atoms with E-state index >= 15 is 0 Å². The Labute approximate surface area is 171 Å². The standard InChI is InChI=1S/C23H16N4OS/c24-14-17-19(18-12-7-13-29-18)20-21(15-8-3-1-4-9-15)26-27(23(20)28-22(17)25)16-10-5-2-6-11-16/h1-13,19H,25H2/t19-/m0/s1. The molecule has 5 nitrogen and oxygen atoms in total. The molecule has 0 saturated heterocycles. The van der Waals surface area contributed by atoms with Gasteiger partial charge in [-0.25, -0.2) is 0 Å². The van der Waals surface area contributed by atoms with E-state index in [9.17, 15) is 5.26 Å². The van der Waals surface area contributed by atoms with Crippen molar-refractivity contribution in [1.29, 1.82) is 5.26 Å². The van der Waals surface area contributed by atoms with Crippen LogP contribution in [0, 0.1) is 11.3 Å². The van der Waals surface area contributed by atoms with Crippen molar-refractivity contribution in [3.63, 3.8) is 0 Å². The fourth-order valence-electron chi connectivity index (χ4n) is 3.63. The van der Waals surface area contributed by atoms with Crippen LogP contribution in [0.3, 0.4) is 0 Å². The highest BCUT2D eigenvalue weighted by molar-refractivity contribution is 7.10. The fourth-order valence-corrected chi connectivity index (χ4v) is 4.48. The summed E-state index contributed by atoms with van der Waals surface area (Å²) >= 11 is 1.59. The van der Waals surface area contributed by atoms with Crippen molar-refractivity contribution in [2.45, 2.75) is 5.92 Å². The normalized spacial score (nSPS) is 15.5. The van der Waals surface area contributed by atoms with E-state index in [1.54, 1.807) is 16.0 Å². The first-order chi connectivity index (χ1) is 14.3. The highest BCUT2D eigenvalue weighted by Crippen LogP contribution is 2.48. The van der Waals surface area contributed by atoms with Crippen LogP contribution in [0.25, 0.3) is 16.9 Å². The minimum Gasteiger partial charge on any atom is -0.422 e. The predicted molar refractivity (Wildman–Crippen MR) is 113 cm³/mol. The number of nitriles is 1. The number of nitrogens with zero attached hydrogens (tertiary/aromatic N) is 3.